The highest BCUT2D eigenvalue weighted by molar-refractivity contribution is 7.89. The Kier molecular flexibility index (Phi) is 8.22. The van der Waals surface area contributed by atoms with Gasteiger partial charge in [0.2, 0.25) is 5.91 Å². The van der Waals surface area contributed by atoms with Crippen molar-refractivity contribution in [2.75, 3.05) is 13.1 Å². The van der Waals surface area contributed by atoms with Crippen molar-refractivity contribution in [2.45, 2.75) is 63.6 Å². The van der Waals surface area contributed by atoms with E-state index < -0.39 is 73.1 Å². The lowest BCUT2D eigenvalue weighted by atomic mass is 10.00. The van der Waals surface area contributed by atoms with Gasteiger partial charge in [-0.3, -0.25) is 14.9 Å². The molecule has 0 aromatic heterocycles. The fraction of sp³-hybridized carbons (Fsp3) is 0.440. The Hall–Kier alpha value is -3.45. The first-order valence-corrected chi connectivity index (χ1v) is 13.2. The number of nitrogens with zero attached hydrogens (tertiary/aromatic N) is 3. The average molecular weight is 554 g/mol. The number of ether oxygens (including phenoxy) is 1. The molecule has 1 amide bonds. The number of piperazine rings is 1. The number of carbonyl (C=O) groups excluding carboxylic acids is 2. The van der Waals surface area contributed by atoms with Crippen LogP contribution in [0.5, 0.6) is 0 Å². The molecular weight excluding hydrogens is 524 g/mol. The van der Waals surface area contributed by atoms with Gasteiger partial charge >= 0.3 is 5.97 Å². The Morgan fingerprint density at radius 2 is 1.79 bits per heavy atom. The van der Waals surface area contributed by atoms with E-state index in [1.807, 2.05) is 0 Å². The Morgan fingerprint density at radius 3 is 2.39 bits per heavy atom. The van der Waals surface area contributed by atoms with Gasteiger partial charge in [0, 0.05) is 25.6 Å². The van der Waals surface area contributed by atoms with Crippen LogP contribution in [0.2, 0.25) is 0 Å². The van der Waals surface area contributed by atoms with E-state index in [9.17, 15) is 36.9 Å². The van der Waals surface area contributed by atoms with Gasteiger partial charge in [0.25, 0.3) is 15.7 Å². The third-order valence-electron chi connectivity index (χ3n) is 6.11. The number of benzene rings is 2. The predicted octanol–water partition coefficient (Wildman–Crippen LogP) is 3.36. The van der Waals surface area contributed by atoms with E-state index in [1.54, 1.807) is 20.8 Å². The average Bonchev–Trinajstić information content (AvgIpc) is 2.83. The Bertz CT molecular complexity index is 1380. The first-order chi connectivity index (χ1) is 17.6. The second kappa shape index (κ2) is 10.7. The van der Waals surface area contributed by atoms with Crippen molar-refractivity contribution < 1.29 is 36.4 Å². The molecule has 3 rings (SSSR count). The van der Waals surface area contributed by atoms with E-state index in [1.165, 1.54) is 38.1 Å². The first-order valence-electron chi connectivity index (χ1n) is 11.8. The molecule has 0 radical (unpaired) electrons. The molecule has 10 nitrogen and oxygen atoms in total. The van der Waals surface area contributed by atoms with Gasteiger partial charge in [0.05, 0.1) is 4.92 Å². The van der Waals surface area contributed by atoms with Crippen molar-refractivity contribution >= 4 is 27.6 Å². The fourth-order valence-corrected chi connectivity index (χ4v) is 5.94. The summed E-state index contributed by atoms with van der Waals surface area (Å²) in [6.07, 6.45) is -0.409. The second-order valence-corrected chi connectivity index (χ2v) is 11.8. The molecule has 0 aliphatic carbocycles. The molecule has 0 bridgehead atoms. The molecule has 0 unspecified atom stereocenters. The van der Waals surface area contributed by atoms with Gasteiger partial charge < -0.3 is 9.64 Å². The van der Waals surface area contributed by atoms with Crippen LogP contribution < -0.4 is 0 Å². The molecule has 38 heavy (non-hydrogen) atoms. The van der Waals surface area contributed by atoms with E-state index in [2.05, 4.69) is 0 Å². The minimum atomic E-state index is -4.48. The highest BCUT2D eigenvalue weighted by Gasteiger charge is 2.45. The number of rotatable bonds is 7. The maximum atomic E-state index is 14.7. The third kappa shape index (κ3) is 5.83. The molecule has 0 spiro atoms. The fourth-order valence-electron chi connectivity index (χ4n) is 4.21. The van der Waals surface area contributed by atoms with Crippen LogP contribution in [0, 0.1) is 28.7 Å². The zero-order chi connectivity index (χ0) is 28.6. The molecular formula is C25H29F2N3O7S. The molecule has 2 aromatic carbocycles. The molecule has 1 aliphatic heterocycles. The normalized spacial score (nSPS) is 17.8. The van der Waals surface area contributed by atoms with Crippen LogP contribution in [0.15, 0.2) is 41.3 Å². The number of halogens is 2. The Balaban J connectivity index is 1.97. The molecule has 1 heterocycles. The van der Waals surface area contributed by atoms with E-state index >= 15 is 0 Å². The zero-order valence-corrected chi connectivity index (χ0v) is 22.4. The van der Waals surface area contributed by atoms with Crippen LogP contribution in [0.1, 0.15) is 38.8 Å². The highest BCUT2D eigenvalue weighted by Crippen LogP contribution is 2.30. The molecule has 1 fully saturated rings. The molecule has 0 saturated carbocycles. The zero-order valence-electron chi connectivity index (χ0n) is 21.6. The first kappa shape index (κ1) is 29.1. The van der Waals surface area contributed by atoms with Gasteiger partial charge in [-0.05, 0) is 51.8 Å². The number of nitro benzene ring substituents is 1. The molecule has 1 aliphatic rings. The van der Waals surface area contributed by atoms with Crippen LogP contribution in [-0.2, 0) is 30.8 Å². The lowest BCUT2D eigenvalue weighted by Gasteiger charge is -2.41. The number of para-hydroxylation sites is 1. The van der Waals surface area contributed by atoms with Gasteiger partial charge in [-0.25, -0.2) is 22.0 Å². The number of hydrogen-bond donors (Lipinski definition) is 0. The van der Waals surface area contributed by atoms with Crippen molar-refractivity contribution in [1.29, 1.82) is 0 Å². The standard InChI is InChI=1S/C25H29F2N3O7S/c1-15-10-11-17(22(27)21(15)26)14-19(24(32)37-25(3,4)5)28-12-13-29(16(2)23(28)31)38(35,36)20-9-7-6-8-18(20)30(33)34/h6-11,16,19H,12-14H2,1-5H3/t16-,19-/m0/s1. The lowest BCUT2D eigenvalue weighted by Crippen LogP contribution is -2.62. The van der Waals surface area contributed by atoms with Gasteiger partial charge in [-0.2, -0.15) is 4.31 Å². The van der Waals surface area contributed by atoms with Gasteiger partial charge in [-0.15, -0.1) is 0 Å². The Labute approximate surface area is 219 Å². The van der Waals surface area contributed by atoms with Gasteiger partial charge in [0.15, 0.2) is 16.5 Å². The monoisotopic (exact) mass is 553 g/mol. The van der Waals surface area contributed by atoms with Crippen molar-refractivity contribution in [3.05, 3.63) is 69.3 Å². The lowest BCUT2D eigenvalue weighted by molar-refractivity contribution is -0.387. The second-order valence-electron chi connectivity index (χ2n) is 9.97. The van der Waals surface area contributed by atoms with Crippen LogP contribution in [0.3, 0.4) is 0 Å². The van der Waals surface area contributed by atoms with E-state index in [-0.39, 0.29) is 24.2 Å². The highest BCUT2D eigenvalue weighted by atomic mass is 32.2. The number of nitro groups is 1. The Morgan fingerprint density at radius 1 is 1.16 bits per heavy atom. The third-order valence-corrected chi connectivity index (χ3v) is 8.12. The number of aryl methyl sites for hydroxylation is 1. The number of carbonyl (C=O) groups is 2. The molecule has 1 saturated heterocycles. The van der Waals surface area contributed by atoms with E-state index in [4.69, 9.17) is 4.74 Å². The topological polar surface area (TPSA) is 127 Å². The summed E-state index contributed by atoms with van der Waals surface area (Å²) in [7, 11) is -4.48. The summed E-state index contributed by atoms with van der Waals surface area (Å²) in [6.45, 7) is 6.91. The van der Waals surface area contributed by atoms with Crippen molar-refractivity contribution in [3.63, 3.8) is 0 Å². The van der Waals surface area contributed by atoms with Crippen LogP contribution in [0.4, 0.5) is 14.5 Å². The molecule has 2 atom stereocenters. The van der Waals surface area contributed by atoms with E-state index in [0.29, 0.717) is 0 Å². The maximum Gasteiger partial charge on any atom is 0.329 e. The van der Waals surface area contributed by atoms with Crippen LogP contribution in [0.25, 0.3) is 0 Å². The molecule has 13 heteroatoms. The molecule has 0 N–H and O–H groups in total. The summed E-state index contributed by atoms with van der Waals surface area (Å²) < 4.78 is 61.9. The van der Waals surface area contributed by atoms with Crippen molar-refractivity contribution in [2.24, 2.45) is 0 Å². The predicted molar refractivity (Wildman–Crippen MR) is 133 cm³/mol. The number of esters is 1. The minimum Gasteiger partial charge on any atom is -0.458 e. The SMILES string of the molecule is Cc1ccc(C[C@@H](C(=O)OC(C)(C)C)N2CCN(S(=O)(=O)c3ccccc3[N+](=O)[O-])[C@@H](C)C2=O)c(F)c1F. The van der Waals surface area contributed by atoms with Crippen LogP contribution >= 0.6 is 0 Å². The minimum absolute atomic E-state index is 0.0681. The van der Waals surface area contributed by atoms with Gasteiger partial charge in [-0.1, -0.05) is 24.3 Å². The number of hydrogen-bond acceptors (Lipinski definition) is 7. The van der Waals surface area contributed by atoms with Crippen molar-refractivity contribution in [1.82, 2.24) is 9.21 Å². The van der Waals surface area contributed by atoms with Crippen molar-refractivity contribution in [3.8, 4) is 0 Å². The van der Waals surface area contributed by atoms with Gasteiger partial charge in [0.1, 0.15) is 17.7 Å². The summed E-state index contributed by atoms with van der Waals surface area (Å²) in [5, 5.41) is 11.4. The van der Waals surface area contributed by atoms with E-state index in [0.717, 1.165) is 21.3 Å². The quantitative estimate of drug-likeness (QED) is 0.292. The largest absolute Gasteiger partial charge is 0.458 e. The summed E-state index contributed by atoms with van der Waals surface area (Å²) >= 11 is 0. The molecule has 206 valence electrons. The summed E-state index contributed by atoms with van der Waals surface area (Å²) in [5.74, 6) is -3.89. The summed E-state index contributed by atoms with van der Waals surface area (Å²) in [4.78, 5) is 37.7. The molecule has 2 aromatic rings. The number of amides is 1. The smallest absolute Gasteiger partial charge is 0.329 e. The number of sulfonamides is 1. The maximum absolute atomic E-state index is 14.7. The summed E-state index contributed by atoms with van der Waals surface area (Å²) in [5.41, 5.74) is -1.69. The summed E-state index contributed by atoms with van der Waals surface area (Å²) in [6, 6.07) is 4.71. The van der Waals surface area contributed by atoms with Crippen LogP contribution in [-0.4, -0.2) is 65.2 Å².